The van der Waals surface area contributed by atoms with E-state index in [1.165, 1.54) is 18.2 Å². The van der Waals surface area contributed by atoms with Crippen molar-refractivity contribution in [2.75, 3.05) is 24.5 Å². The standard InChI is InChI=1S/C18H19ClFN3O/c19-14-4-3-5-15(20)17(14)18(24)22-12-13-7-10-23(11-8-13)16-6-1-2-9-21-16/h1-6,9,13H,7-8,10-12H2,(H,22,24). The third kappa shape index (κ3) is 3.85. The van der Waals surface area contributed by atoms with Gasteiger partial charge in [-0.25, -0.2) is 9.37 Å². The zero-order valence-corrected chi connectivity index (χ0v) is 14.0. The number of benzene rings is 1. The van der Waals surface area contributed by atoms with E-state index in [0.717, 1.165) is 31.7 Å². The molecule has 1 fully saturated rings. The second-order valence-corrected chi connectivity index (χ2v) is 6.33. The first-order valence-corrected chi connectivity index (χ1v) is 8.41. The summed E-state index contributed by atoms with van der Waals surface area (Å²) >= 11 is 5.92. The third-order valence-electron chi connectivity index (χ3n) is 4.33. The van der Waals surface area contributed by atoms with Crippen molar-refractivity contribution in [1.29, 1.82) is 0 Å². The van der Waals surface area contributed by atoms with Gasteiger partial charge in [-0.05, 0) is 43.0 Å². The summed E-state index contributed by atoms with van der Waals surface area (Å²) in [6.07, 6.45) is 3.71. The van der Waals surface area contributed by atoms with Gasteiger partial charge in [0.25, 0.3) is 5.91 Å². The summed E-state index contributed by atoms with van der Waals surface area (Å²) in [6, 6.07) is 10.1. The Kier molecular flexibility index (Phi) is 5.30. The minimum atomic E-state index is -0.593. The number of hydrogen-bond acceptors (Lipinski definition) is 3. The average Bonchev–Trinajstić information content (AvgIpc) is 2.61. The van der Waals surface area contributed by atoms with E-state index in [0.29, 0.717) is 12.5 Å². The summed E-state index contributed by atoms with van der Waals surface area (Å²) in [5.41, 5.74) is -0.0786. The number of piperidine rings is 1. The van der Waals surface area contributed by atoms with Gasteiger partial charge in [0.2, 0.25) is 0 Å². The number of pyridine rings is 1. The molecule has 0 radical (unpaired) electrons. The molecular weight excluding hydrogens is 329 g/mol. The van der Waals surface area contributed by atoms with Crippen molar-refractivity contribution in [2.24, 2.45) is 5.92 Å². The molecule has 2 heterocycles. The normalized spacial score (nSPS) is 15.3. The van der Waals surface area contributed by atoms with E-state index in [4.69, 9.17) is 11.6 Å². The number of halogens is 2. The quantitative estimate of drug-likeness (QED) is 0.920. The smallest absolute Gasteiger partial charge is 0.255 e. The Labute approximate surface area is 145 Å². The number of nitrogens with one attached hydrogen (secondary N) is 1. The van der Waals surface area contributed by atoms with E-state index in [2.05, 4.69) is 15.2 Å². The molecule has 0 saturated carbocycles. The maximum atomic E-state index is 13.7. The van der Waals surface area contributed by atoms with Gasteiger partial charge in [-0.15, -0.1) is 0 Å². The first-order chi connectivity index (χ1) is 11.6. The van der Waals surface area contributed by atoms with Crippen LogP contribution in [-0.2, 0) is 0 Å². The van der Waals surface area contributed by atoms with Crippen molar-refractivity contribution in [1.82, 2.24) is 10.3 Å². The van der Waals surface area contributed by atoms with Crippen molar-refractivity contribution in [3.8, 4) is 0 Å². The number of carbonyl (C=O) groups is 1. The highest BCUT2D eigenvalue weighted by Crippen LogP contribution is 2.22. The minimum Gasteiger partial charge on any atom is -0.357 e. The molecule has 0 spiro atoms. The van der Waals surface area contributed by atoms with Crippen LogP contribution in [0.25, 0.3) is 0 Å². The lowest BCUT2D eigenvalue weighted by atomic mass is 9.96. The molecule has 1 aromatic carbocycles. The van der Waals surface area contributed by atoms with E-state index in [-0.39, 0.29) is 10.6 Å². The second kappa shape index (κ2) is 7.62. The van der Waals surface area contributed by atoms with Crippen LogP contribution in [0.3, 0.4) is 0 Å². The maximum Gasteiger partial charge on any atom is 0.255 e. The van der Waals surface area contributed by atoms with Crippen LogP contribution in [0, 0.1) is 11.7 Å². The van der Waals surface area contributed by atoms with Gasteiger partial charge in [0.05, 0.1) is 10.6 Å². The van der Waals surface area contributed by atoms with E-state index in [1.54, 1.807) is 6.20 Å². The van der Waals surface area contributed by atoms with Gasteiger partial charge in [-0.3, -0.25) is 4.79 Å². The number of nitrogens with zero attached hydrogens (tertiary/aromatic N) is 2. The number of hydrogen-bond donors (Lipinski definition) is 1. The lowest BCUT2D eigenvalue weighted by Gasteiger charge is -2.32. The fraction of sp³-hybridized carbons (Fsp3) is 0.333. The summed E-state index contributed by atoms with van der Waals surface area (Å²) in [5.74, 6) is 0.313. The van der Waals surface area contributed by atoms with Crippen LogP contribution in [0.5, 0.6) is 0 Å². The molecule has 0 bridgehead atoms. The fourth-order valence-corrected chi connectivity index (χ4v) is 3.20. The van der Waals surface area contributed by atoms with Gasteiger partial charge in [0.15, 0.2) is 0 Å². The van der Waals surface area contributed by atoms with Crippen LogP contribution in [0.1, 0.15) is 23.2 Å². The third-order valence-corrected chi connectivity index (χ3v) is 4.64. The number of carbonyl (C=O) groups excluding carboxylic acids is 1. The Morgan fingerprint density at radius 2 is 2.04 bits per heavy atom. The van der Waals surface area contributed by atoms with Crippen molar-refractivity contribution >= 4 is 23.3 Å². The van der Waals surface area contributed by atoms with Crippen LogP contribution < -0.4 is 10.2 Å². The van der Waals surface area contributed by atoms with Crippen molar-refractivity contribution in [3.63, 3.8) is 0 Å². The highest BCUT2D eigenvalue weighted by Gasteiger charge is 2.22. The Morgan fingerprint density at radius 1 is 1.25 bits per heavy atom. The predicted octanol–water partition coefficient (Wildman–Crippen LogP) is 3.52. The Balaban J connectivity index is 1.51. The molecule has 1 N–H and O–H groups in total. The van der Waals surface area contributed by atoms with Gasteiger partial charge >= 0.3 is 0 Å². The van der Waals surface area contributed by atoms with Crippen LogP contribution in [-0.4, -0.2) is 30.5 Å². The van der Waals surface area contributed by atoms with E-state index >= 15 is 0 Å². The summed E-state index contributed by atoms with van der Waals surface area (Å²) in [7, 11) is 0. The summed E-state index contributed by atoms with van der Waals surface area (Å²) < 4.78 is 13.7. The van der Waals surface area contributed by atoms with Crippen LogP contribution >= 0.6 is 11.6 Å². The number of amides is 1. The highest BCUT2D eigenvalue weighted by atomic mass is 35.5. The lowest BCUT2D eigenvalue weighted by Crippen LogP contribution is -2.39. The predicted molar refractivity (Wildman–Crippen MR) is 92.9 cm³/mol. The SMILES string of the molecule is O=C(NCC1CCN(c2ccccn2)CC1)c1c(F)cccc1Cl. The maximum absolute atomic E-state index is 13.7. The largest absolute Gasteiger partial charge is 0.357 e. The minimum absolute atomic E-state index is 0.0786. The van der Waals surface area contributed by atoms with Crippen LogP contribution in [0.15, 0.2) is 42.6 Å². The van der Waals surface area contributed by atoms with E-state index < -0.39 is 11.7 Å². The molecule has 1 amide bonds. The molecule has 2 aromatic rings. The monoisotopic (exact) mass is 347 g/mol. The van der Waals surface area contributed by atoms with Crippen LogP contribution in [0.2, 0.25) is 5.02 Å². The molecule has 0 atom stereocenters. The lowest BCUT2D eigenvalue weighted by molar-refractivity contribution is 0.0941. The van der Waals surface area contributed by atoms with Crippen molar-refractivity contribution in [2.45, 2.75) is 12.8 Å². The summed E-state index contributed by atoms with van der Waals surface area (Å²) in [4.78, 5) is 18.8. The molecule has 24 heavy (non-hydrogen) atoms. The van der Waals surface area contributed by atoms with Gasteiger partial charge in [-0.2, -0.15) is 0 Å². The Morgan fingerprint density at radius 3 is 2.71 bits per heavy atom. The average molecular weight is 348 g/mol. The van der Waals surface area contributed by atoms with Crippen LogP contribution in [0.4, 0.5) is 10.2 Å². The van der Waals surface area contributed by atoms with E-state index in [9.17, 15) is 9.18 Å². The number of rotatable bonds is 4. The van der Waals surface area contributed by atoms with E-state index in [1.807, 2.05) is 18.2 Å². The Bertz CT molecular complexity index is 682. The topological polar surface area (TPSA) is 45.2 Å². The zero-order chi connectivity index (χ0) is 16.9. The molecule has 0 unspecified atom stereocenters. The van der Waals surface area contributed by atoms with Crippen molar-refractivity contribution < 1.29 is 9.18 Å². The number of aromatic nitrogens is 1. The van der Waals surface area contributed by atoms with Gasteiger partial charge < -0.3 is 10.2 Å². The molecule has 0 aliphatic carbocycles. The summed E-state index contributed by atoms with van der Waals surface area (Å²) in [6.45, 7) is 2.33. The molecule has 1 saturated heterocycles. The molecule has 6 heteroatoms. The first kappa shape index (κ1) is 16.7. The molecule has 1 aliphatic rings. The molecule has 1 aliphatic heterocycles. The molecule has 126 valence electrons. The Hall–Kier alpha value is -2.14. The fourth-order valence-electron chi connectivity index (χ4n) is 2.95. The molecular formula is C18H19ClFN3O. The highest BCUT2D eigenvalue weighted by molar-refractivity contribution is 6.33. The first-order valence-electron chi connectivity index (χ1n) is 8.03. The van der Waals surface area contributed by atoms with Gasteiger partial charge in [0, 0.05) is 25.8 Å². The zero-order valence-electron chi connectivity index (χ0n) is 13.2. The second-order valence-electron chi connectivity index (χ2n) is 5.93. The molecule has 3 rings (SSSR count). The number of anilines is 1. The molecule has 1 aromatic heterocycles. The molecule has 4 nitrogen and oxygen atoms in total. The van der Waals surface area contributed by atoms with Gasteiger partial charge in [0.1, 0.15) is 11.6 Å². The summed E-state index contributed by atoms with van der Waals surface area (Å²) in [5, 5.41) is 2.94. The van der Waals surface area contributed by atoms with Gasteiger partial charge in [-0.1, -0.05) is 23.7 Å². The van der Waals surface area contributed by atoms with Crippen molar-refractivity contribution in [3.05, 3.63) is 59.0 Å².